The molecular formula is C23H25Cl2N7O. The molecule has 8 nitrogen and oxygen atoms in total. The number of rotatable bonds is 6. The van der Waals surface area contributed by atoms with Crippen molar-refractivity contribution in [2.45, 2.75) is 26.8 Å². The van der Waals surface area contributed by atoms with Gasteiger partial charge in [-0.3, -0.25) is 10.00 Å². The molecule has 3 aromatic heterocycles. The van der Waals surface area contributed by atoms with Gasteiger partial charge in [0.15, 0.2) is 17.3 Å². The van der Waals surface area contributed by atoms with E-state index in [1.165, 1.54) is 0 Å². The predicted octanol–water partition coefficient (Wildman–Crippen LogP) is 4.54. The Balaban J connectivity index is 1.57. The number of aromatic amines is 1. The smallest absolute Gasteiger partial charge is 0.158 e. The Morgan fingerprint density at radius 1 is 1.06 bits per heavy atom. The van der Waals surface area contributed by atoms with Crippen molar-refractivity contribution in [3.05, 3.63) is 68.6 Å². The number of nitrogens with one attached hydrogen (secondary N) is 2. The minimum absolute atomic E-state index is 0.595. The van der Waals surface area contributed by atoms with Gasteiger partial charge in [0.05, 0.1) is 24.6 Å². The molecule has 0 spiro atoms. The summed E-state index contributed by atoms with van der Waals surface area (Å²) >= 11 is 12.6. The maximum Gasteiger partial charge on any atom is 0.158 e. The van der Waals surface area contributed by atoms with E-state index in [2.05, 4.69) is 26.5 Å². The van der Waals surface area contributed by atoms with Gasteiger partial charge < -0.3 is 10.1 Å². The number of aryl methyl sites for hydroxylation is 2. The van der Waals surface area contributed by atoms with Gasteiger partial charge in [0.2, 0.25) is 0 Å². The molecule has 1 aromatic carbocycles. The zero-order valence-corrected chi connectivity index (χ0v) is 20.0. The van der Waals surface area contributed by atoms with E-state index in [9.17, 15) is 0 Å². The van der Waals surface area contributed by atoms with Crippen molar-refractivity contribution in [2.24, 2.45) is 0 Å². The average molecular weight is 486 g/mol. The van der Waals surface area contributed by atoms with Crippen LogP contribution in [0.15, 0.2) is 30.3 Å². The van der Waals surface area contributed by atoms with Crippen LogP contribution in [0.3, 0.4) is 0 Å². The monoisotopic (exact) mass is 485 g/mol. The third kappa shape index (κ3) is 4.84. The standard InChI is InChI=1S/C23H25Cl2N7O/c1-14-9-21(29-28-14)27-22-11-17(13-31-5-7-33-8-6-31)23-26-15(2)20(32(23)30-22)10-16-3-4-18(24)12-19(16)25/h3-4,9,11-12H,5-8,10,13H2,1-2H3,(H2,27,28,29,30). The molecule has 172 valence electrons. The lowest BCUT2D eigenvalue weighted by molar-refractivity contribution is 0.0343. The van der Waals surface area contributed by atoms with Crippen LogP contribution in [0.4, 0.5) is 11.6 Å². The topological polar surface area (TPSA) is 83.4 Å². The van der Waals surface area contributed by atoms with Crippen LogP contribution in [0.2, 0.25) is 10.0 Å². The van der Waals surface area contributed by atoms with Crippen LogP contribution in [0.25, 0.3) is 5.65 Å². The molecule has 0 unspecified atom stereocenters. The van der Waals surface area contributed by atoms with E-state index in [1.54, 1.807) is 6.07 Å². The Bertz CT molecular complexity index is 1290. The van der Waals surface area contributed by atoms with Crippen molar-refractivity contribution in [3.8, 4) is 0 Å². The zero-order valence-electron chi connectivity index (χ0n) is 18.5. The first kappa shape index (κ1) is 22.2. The molecule has 4 heterocycles. The lowest BCUT2D eigenvalue weighted by Gasteiger charge is -2.26. The number of fused-ring (bicyclic) bond motifs is 1. The highest BCUT2D eigenvalue weighted by Crippen LogP contribution is 2.27. The Labute approximate surface area is 201 Å². The largest absolute Gasteiger partial charge is 0.379 e. The third-order valence-corrected chi connectivity index (χ3v) is 6.37. The minimum Gasteiger partial charge on any atom is -0.379 e. The van der Waals surface area contributed by atoms with E-state index >= 15 is 0 Å². The number of imidazole rings is 1. The van der Waals surface area contributed by atoms with E-state index in [4.69, 9.17) is 38.0 Å². The summed E-state index contributed by atoms with van der Waals surface area (Å²) < 4.78 is 7.45. The Kier molecular flexibility index (Phi) is 6.25. The molecular weight excluding hydrogens is 461 g/mol. The second-order valence-corrected chi connectivity index (χ2v) is 9.14. The molecule has 0 aliphatic carbocycles. The number of halogens is 2. The van der Waals surface area contributed by atoms with Crippen LogP contribution in [0, 0.1) is 13.8 Å². The highest BCUT2D eigenvalue weighted by Gasteiger charge is 2.19. The molecule has 0 radical (unpaired) electrons. The first-order valence-corrected chi connectivity index (χ1v) is 11.6. The molecule has 1 saturated heterocycles. The van der Waals surface area contributed by atoms with Crippen molar-refractivity contribution in [2.75, 3.05) is 31.6 Å². The van der Waals surface area contributed by atoms with E-state index in [1.807, 2.05) is 36.6 Å². The minimum atomic E-state index is 0.595. The molecule has 1 aliphatic heterocycles. The highest BCUT2D eigenvalue weighted by atomic mass is 35.5. The first-order chi connectivity index (χ1) is 16.0. The van der Waals surface area contributed by atoms with Crippen LogP contribution in [-0.4, -0.2) is 56.0 Å². The Morgan fingerprint density at radius 3 is 2.61 bits per heavy atom. The quantitative estimate of drug-likeness (QED) is 0.416. The lowest BCUT2D eigenvalue weighted by atomic mass is 10.1. The molecule has 0 atom stereocenters. The summed E-state index contributed by atoms with van der Waals surface area (Å²) in [6.07, 6.45) is 0.595. The number of anilines is 2. The highest BCUT2D eigenvalue weighted by molar-refractivity contribution is 6.35. The number of nitrogens with zero attached hydrogens (tertiary/aromatic N) is 5. The average Bonchev–Trinajstić information content (AvgIpc) is 3.33. The van der Waals surface area contributed by atoms with Crippen LogP contribution >= 0.6 is 23.2 Å². The molecule has 10 heteroatoms. The molecule has 0 bridgehead atoms. The van der Waals surface area contributed by atoms with Crippen LogP contribution in [0.1, 0.15) is 28.2 Å². The normalized spacial score (nSPS) is 14.8. The molecule has 0 amide bonds. The molecule has 5 rings (SSSR count). The maximum absolute atomic E-state index is 6.47. The van der Waals surface area contributed by atoms with Gasteiger partial charge in [-0.25, -0.2) is 9.50 Å². The summed E-state index contributed by atoms with van der Waals surface area (Å²) in [6, 6.07) is 9.57. The molecule has 2 N–H and O–H groups in total. The molecule has 1 fully saturated rings. The number of benzene rings is 1. The van der Waals surface area contributed by atoms with Gasteiger partial charge >= 0.3 is 0 Å². The lowest BCUT2D eigenvalue weighted by Crippen LogP contribution is -2.35. The predicted molar refractivity (Wildman–Crippen MR) is 130 cm³/mol. The van der Waals surface area contributed by atoms with Crippen molar-refractivity contribution in [1.29, 1.82) is 0 Å². The van der Waals surface area contributed by atoms with E-state index in [0.29, 0.717) is 22.3 Å². The van der Waals surface area contributed by atoms with Gasteiger partial charge in [-0.15, -0.1) is 5.10 Å². The number of H-pyrrole nitrogens is 1. The SMILES string of the molecule is Cc1cc(Nc2cc(CN3CCOCC3)c3nc(C)c(Cc4ccc(Cl)cc4Cl)n3n2)n[nH]1. The van der Waals surface area contributed by atoms with Crippen molar-refractivity contribution in [1.82, 2.24) is 29.7 Å². The fourth-order valence-electron chi connectivity index (χ4n) is 4.07. The van der Waals surface area contributed by atoms with E-state index in [0.717, 1.165) is 72.5 Å². The molecule has 1 aliphatic rings. The molecule has 0 saturated carbocycles. The van der Waals surface area contributed by atoms with Crippen molar-refractivity contribution < 1.29 is 4.74 Å². The number of ether oxygens (including phenoxy) is 1. The Hall–Kier alpha value is -2.65. The molecule has 33 heavy (non-hydrogen) atoms. The van der Waals surface area contributed by atoms with Gasteiger partial charge in [-0.05, 0) is 37.6 Å². The van der Waals surface area contributed by atoms with Gasteiger partial charge in [0, 0.05) is 53.4 Å². The van der Waals surface area contributed by atoms with Crippen LogP contribution < -0.4 is 5.32 Å². The molecule has 4 aromatic rings. The number of hydrogen-bond donors (Lipinski definition) is 2. The first-order valence-electron chi connectivity index (χ1n) is 10.9. The van der Waals surface area contributed by atoms with E-state index in [-0.39, 0.29) is 0 Å². The van der Waals surface area contributed by atoms with E-state index < -0.39 is 0 Å². The summed E-state index contributed by atoms with van der Waals surface area (Å²) in [4.78, 5) is 7.27. The summed E-state index contributed by atoms with van der Waals surface area (Å²) in [5, 5.41) is 16.7. The number of aromatic nitrogens is 5. The van der Waals surface area contributed by atoms with Gasteiger partial charge in [-0.2, -0.15) is 5.10 Å². The van der Waals surface area contributed by atoms with Crippen LogP contribution in [-0.2, 0) is 17.7 Å². The van der Waals surface area contributed by atoms with Gasteiger partial charge in [0.25, 0.3) is 0 Å². The second kappa shape index (κ2) is 9.30. The number of hydrogen-bond acceptors (Lipinski definition) is 6. The fourth-order valence-corrected chi connectivity index (χ4v) is 4.55. The summed E-state index contributed by atoms with van der Waals surface area (Å²) in [6.45, 7) is 8.01. The Morgan fingerprint density at radius 2 is 1.88 bits per heavy atom. The number of morpholine rings is 1. The third-order valence-electron chi connectivity index (χ3n) is 5.79. The second-order valence-electron chi connectivity index (χ2n) is 8.30. The summed E-state index contributed by atoms with van der Waals surface area (Å²) in [5.41, 5.74) is 5.80. The maximum atomic E-state index is 6.47. The summed E-state index contributed by atoms with van der Waals surface area (Å²) in [5.74, 6) is 1.42. The van der Waals surface area contributed by atoms with Gasteiger partial charge in [-0.1, -0.05) is 29.3 Å². The fraction of sp³-hybridized carbons (Fsp3) is 0.348. The zero-order chi connectivity index (χ0) is 22.9. The summed E-state index contributed by atoms with van der Waals surface area (Å²) in [7, 11) is 0. The van der Waals surface area contributed by atoms with Crippen molar-refractivity contribution in [3.63, 3.8) is 0 Å². The van der Waals surface area contributed by atoms with Gasteiger partial charge in [0.1, 0.15) is 0 Å². The van der Waals surface area contributed by atoms with Crippen LogP contribution in [0.5, 0.6) is 0 Å². The van der Waals surface area contributed by atoms with Crippen molar-refractivity contribution >= 4 is 40.5 Å².